The van der Waals surface area contributed by atoms with E-state index < -0.39 is 0 Å². The molecule has 0 aromatic heterocycles. The van der Waals surface area contributed by atoms with Crippen LogP contribution in [-0.4, -0.2) is 20.2 Å². The third-order valence-corrected chi connectivity index (χ3v) is 3.27. The van der Waals surface area contributed by atoms with E-state index in [4.69, 9.17) is 15.2 Å². The summed E-state index contributed by atoms with van der Waals surface area (Å²) in [5.41, 5.74) is 9.43. The number of methoxy groups -OCH3 is 2. The zero-order valence-electron chi connectivity index (χ0n) is 12.3. The number of hydrogen-bond acceptors (Lipinski definition) is 5. The first-order valence-electron chi connectivity index (χ1n) is 6.45. The molecule has 0 saturated heterocycles. The van der Waals surface area contributed by atoms with Gasteiger partial charge in [-0.3, -0.25) is 0 Å². The second-order valence-corrected chi connectivity index (χ2v) is 4.55. The van der Waals surface area contributed by atoms with E-state index >= 15 is 0 Å². The van der Waals surface area contributed by atoms with Crippen molar-refractivity contribution >= 4 is 23.0 Å². The van der Waals surface area contributed by atoms with E-state index in [0.29, 0.717) is 17.0 Å². The first-order chi connectivity index (χ1) is 10.1. The van der Waals surface area contributed by atoms with Crippen LogP contribution in [-0.2, 0) is 4.74 Å². The molecule has 0 unspecified atom stereocenters. The molecule has 2 rings (SSSR count). The summed E-state index contributed by atoms with van der Waals surface area (Å²) < 4.78 is 9.89. The van der Waals surface area contributed by atoms with Crippen molar-refractivity contribution in [3.8, 4) is 5.75 Å². The summed E-state index contributed by atoms with van der Waals surface area (Å²) in [5.74, 6) is 0.330. The molecule has 3 N–H and O–H groups in total. The fraction of sp³-hybridized carbons (Fsp3) is 0.188. The molecule has 21 heavy (non-hydrogen) atoms. The van der Waals surface area contributed by atoms with Gasteiger partial charge in [0.1, 0.15) is 5.75 Å². The van der Waals surface area contributed by atoms with Gasteiger partial charge in [0.15, 0.2) is 0 Å². The van der Waals surface area contributed by atoms with Crippen molar-refractivity contribution in [3.05, 3.63) is 47.5 Å². The molecule has 0 spiro atoms. The molecule has 0 aliphatic carbocycles. The van der Waals surface area contributed by atoms with E-state index in [1.807, 2.05) is 25.1 Å². The van der Waals surface area contributed by atoms with Gasteiger partial charge in [0.05, 0.1) is 31.2 Å². The number of nitrogens with one attached hydrogen (secondary N) is 1. The van der Waals surface area contributed by atoms with Crippen LogP contribution < -0.4 is 15.8 Å². The van der Waals surface area contributed by atoms with Crippen LogP contribution in [0.25, 0.3) is 0 Å². The smallest absolute Gasteiger partial charge is 0.338 e. The predicted octanol–water partition coefficient (Wildman–Crippen LogP) is 3.12. The normalized spacial score (nSPS) is 10.0. The number of nitrogens with two attached hydrogens (primary N) is 1. The van der Waals surface area contributed by atoms with Crippen LogP contribution in [0, 0.1) is 6.92 Å². The Bertz CT molecular complexity index is 669. The van der Waals surface area contributed by atoms with Crippen LogP contribution >= 0.6 is 0 Å². The van der Waals surface area contributed by atoms with E-state index in [9.17, 15) is 4.79 Å². The molecule has 0 fully saturated rings. The second-order valence-electron chi connectivity index (χ2n) is 4.55. The van der Waals surface area contributed by atoms with Gasteiger partial charge >= 0.3 is 5.97 Å². The van der Waals surface area contributed by atoms with Gasteiger partial charge in [0.25, 0.3) is 0 Å². The van der Waals surface area contributed by atoms with Crippen LogP contribution in [0.5, 0.6) is 5.75 Å². The van der Waals surface area contributed by atoms with E-state index in [2.05, 4.69) is 5.32 Å². The summed E-state index contributed by atoms with van der Waals surface area (Å²) >= 11 is 0. The van der Waals surface area contributed by atoms with Crippen molar-refractivity contribution in [1.29, 1.82) is 0 Å². The number of anilines is 3. The van der Waals surface area contributed by atoms with Gasteiger partial charge in [-0.25, -0.2) is 4.79 Å². The molecular formula is C16H18N2O3. The fourth-order valence-electron chi connectivity index (χ4n) is 2.03. The minimum atomic E-state index is -0.362. The SMILES string of the molecule is COC(=O)c1cccc(Nc2ccc(OC)cc2N)c1C. The number of hydrogen-bond donors (Lipinski definition) is 2. The second kappa shape index (κ2) is 6.17. The Hall–Kier alpha value is -2.69. The van der Waals surface area contributed by atoms with E-state index in [1.54, 1.807) is 25.3 Å². The third kappa shape index (κ3) is 3.08. The van der Waals surface area contributed by atoms with E-state index in [1.165, 1.54) is 7.11 Å². The number of ether oxygens (including phenoxy) is 2. The Balaban J connectivity index is 2.34. The van der Waals surface area contributed by atoms with Crippen molar-refractivity contribution < 1.29 is 14.3 Å². The molecular weight excluding hydrogens is 268 g/mol. The maximum Gasteiger partial charge on any atom is 0.338 e. The highest BCUT2D eigenvalue weighted by molar-refractivity contribution is 5.93. The third-order valence-electron chi connectivity index (χ3n) is 3.27. The van der Waals surface area contributed by atoms with Crippen LogP contribution in [0.15, 0.2) is 36.4 Å². The number of carbonyl (C=O) groups is 1. The minimum absolute atomic E-state index is 0.362. The van der Waals surface area contributed by atoms with E-state index in [0.717, 1.165) is 16.9 Å². The molecule has 0 radical (unpaired) electrons. The zero-order valence-corrected chi connectivity index (χ0v) is 12.3. The van der Waals surface area contributed by atoms with Crippen LogP contribution in [0.2, 0.25) is 0 Å². The summed E-state index contributed by atoms with van der Waals surface area (Å²) in [6.07, 6.45) is 0. The Kier molecular flexibility index (Phi) is 4.33. The van der Waals surface area contributed by atoms with Crippen LogP contribution in [0.3, 0.4) is 0 Å². The first-order valence-corrected chi connectivity index (χ1v) is 6.45. The molecule has 0 aliphatic rings. The predicted molar refractivity (Wildman–Crippen MR) is 83.2 cm³/mol. The molecule has 5 heteroatoms. The molecule has 2 aromatic carbocycles. The number of benzene rings is 2. The quantitative estimate of drug-likeness (QED) is 0.667. The number of carbonyl (C=O) groups excluding carboxylic acids is 1. The zero-order chi connectivity index (χ0) is 15.4. The monoisotopic (exact) mass is 286 g/mol. The van der Waals surface area contributed by atoms with Gasteiger partial charge in [-0.1, -0.05) is 6.07 Å². The van der Waals surface area contributed by atoms with E-state index in [-0.39, 0.29) is 5.97 Å². The summed E-state index contributed by atoms with van der Waals surface area (Å²) in [5, 5.41) is 3.22. The van der Waals surface area contributed by atoms with Crippen molar-refractivity contribution in [2.24, 2.45) is 0 Å². The summed E-state index contributed by atoms with van der Waals surface area (Å²) in [6, 6.07) is 10.8. The van der Waals surface area contributed by atoms with Crippen molar-refractivity contribution in [2.45, 2.75) is 6.92 Å². The number of esters is 1. The van der Waals surface area contributed by atoms with Gasteiger partial charge in [0, 0.05) is 11.8 Å². The molecule has 0 aliphatic heterocycles. The molecule has 2 aromatic rings. The maximum atomic E-state index is 11.7. The van der Waals surface area contributed by atoms with Gasteiger partial charge in [0.2, 0.25) is 0 Å². The number of nitrogen functional groups attached to an aromatic ring is 1. The minimum Gasteiger partial charge on any atom is -0.497 e. The maximum absolute atomic E-state index is 11.7. The highest BCUT2D eigenvalue weighted by Gasteiger charge is 2.12. The van der Waals surface area contributed by atoms with Crippen LogP contribution in [0.1, 0.15) is 15.9 Å². The molecule has 0 saturated carbocycles. The largest absolute Gasteiger partial charge is 0.497 e. The molecule has 0 atom stereocenters. The Morgan fingerprint density at radius 2 is 1.90 bits per heavy atom. The lowest BCUT2D eigenvalue weighted by molar-refractivity contribution is 0.0600. The fourth-order valence-corrected chi connectivity index (χ4v) is 2.03. The average Bonchev–Trinajstić information content (AvgIpc) is 2.50. The van der Waals surface area contributed by atoms with Gasteiger partial charge in [-0.05, 0) is 36.8 Å². The van der Waals surface area contributed by atoms with Gasteiger partial charge < -0.3 is 20.5 Å². The lowest BCUT2D eigenvalue weighted by atomic mass is 10.1. The Labute approximate surface area is 123 Å². The standard InChI is InChI=1S/C16H18N2O3/c1-10-12(16(19)21-3)5-4-6-14(10)18-15-8-7-11(20-2)9-13(15)17/h4-9,18H,17H2,1-3H3. The molecule has 0 heterocycles. The van der Waals surface area contributed by atoms with Crippen molar-refractivity contribution in [3.63, 3.8) is 0 Å². The summed E-state index contributed by atoms with van der Waals surface area (Å²) in [7, 11) is 2.95. The lowest BCUT2D eigenvalue weighted by Crippen LogP contribution is -2.06. The first kappa shape index (κ1) is 14.7. The topological polar surface area (TPSA) is 73.6 Å². The van der Waals surface area contributed by atoms with Crippen LogP contribution in [0.4, 0.5) is 17.1 Å². The Morgan fingerprint density at radius 1 is 1.14 bits per heavy atom. The molecule has 5 nitrogen and oxygen atoms in total. The molecule has 0 bridgehead atoms. The molecule has 110 valence electrons. The number of rotatable bonds is 4. The highest BCUT2D eigenvalue weighted by atomic mass is 16.5. The summed E-state index contributed by atoms with van der Waals surface area (Å²) in [6.45, 7) is 1.86. The lowest BCUT2D eigenvalue weighted by Gasteiger charge is -2.14. The Morgan fingerprint density at radius 3 is 2.52 bits per heavy atom. The highest BCUT2D eigenvalue weighted by Crippen LogP contribution is 2.29. The van der Waals surface area contributed by atoms with Crippen molar-refractivity contribution in [1.82, 2.24) is 0 Å². The molecule has 0 amide bonds. The summed E-state index contributed by atoms with van der Waals surface area (Å²) in [4.78, 5) is 11.7. The van der Waals surface area contributed by atoms with Gasteiger partial charge in [-0.2, -0.15) is 0 Å². The van der Waals surface area contributed by atoms with Gasteiger partial charge in [-0.15, -0.1) is 0 Å². The van der Waals surface area contributed by atoms with Crippen molar-refractivity contribution in [2.75, 3.05) is 25.3 Å². The average molecular weight is 286 g/mol.